The summed E-state index contributed by atoms with van der Waals surface area (Å²) in [6.45, 7) is 0. The molecule has 0 aliphatic heterocycles. The Bertz CT molecular complexity index is 246. The molecule has 0 saturated carbocycles. The highest BCUT2D eigenvalue weighted by molar-refractivity contribution is 7.11. The molecule has 0 radical (unpaired) electrons. The Kier molecular flexibility index (Phi) is 4.64. The molecule has 0 unspecified atom stereocenters. The van der Waals surface area contributed by atoms with E-state index in [2.05, 4.69) is 0 Å². The molecule has 0 bridgehead atoms. The van der Waals surface area contributed by atoms with Crippen LogP contribution in [-0.2, 0) is 9.59 Å². The number of carbonyl (C=O) groups is 1. The van der Waals surface area contributed by atoms with Gasteiger partial charge in [-0.25, -0.2) is 4.79 Å². The number of carboxylic acids is 1. The number of thiophene rings is 1. The second-order valence-corrected chi connectivity index (χ2v) is 2.31. The minimum atomic E-state index is -0.847. The molecule has 0 atom stereocenters. The van der Waals surface area contributed by atoms with Crippen LogP contribution in [0, 0.1) is 0 Å². The standard InChI is InChI=1S/C5H4O2S.CO2/c6-5(7)4-2-1-3-8-4;2-1-3/h1-3H,(H,6,7);. The van der Waals surface area contributed by atoms with Crippen LogP contribution in [0.4, 0.5) is 0 Å². The first-order valence-electron chi connectivity index (χ1n) is 2.48. The Morgan fingerprint density at radius 1 is 1.55 bits per heavy atom. The molecule has 1 N–H and O–H groups in total. The summed E-state index contributed by atoms with van der Waals surface area (Å²) >= 11 is 1.23. The van der Waals surface area contributed by atoms with Crippen LogP contribution in [0.5, 0.6) is 0 Å². The van der Waals surface area contributed by atoms with Gasteiger partial charge in [0, 0.05) is 0 Å². The van der Waals surface area contributed by atoms with Gasteiger partial charge in [-0.05, 0) is 11.4 Å². The molecule has 0 saturated heterocycles. The van der Waals surface area contributed by atoms with Gasteiger partial charge in [-0.15, -0.1) is 11.3 Å². The van der Waals surface area contributed by atoms with Gasteiger partial charge in [0.15, 0.2) is 0 Å². The van der Waals surface area contributed by atoms with Crippen molar-refractivity contribution in [3.8, 4) is 0 Å². The lowest BCUT2D eigenvalue weighted by Gasteiger charge is -1.78. The van der Waals surface area contributed by atoms with Crippen molar-refractivity contribution in [1.82, 2.24) is 0 Å². The number of hydrogen-bond donors (Lipinski definition) is 1. The van der Waals surface area contributed by atoms with E-state index in [0.717, 1.165) is 0 Å². The normalized spacial score (nSPS) is 7.27. The molecule has 1 rings (SSSR count). The van der Waals surface area contributed by atoms with Gasteiger partial charge in [-0.3, -0.25) is 0 Å². The highest BCUT2D eigenvalue weighted by Gasteiger charge is 1.99. The fourth-order valence-corrected chi connectivity index (χ4v) is 0.962. The van der Waals surface area contributed by atoms with Crippen LogP contribution in [0.25, 0.3) is 0 Å². The van der Waals surface area contributed by atoms with E-state index in [9.17, 15) is 4.79 Å². The van der Waals surface area contributed by atoms with E-state index in [1.165, 1.54) is 11.3 Å². The van der Waals surface area contributed by atoms with Crippen molar-refractivity contribution >= 4 is 23.5 Å². The fourth-order valence-electron chi connectivity index (χ4n) is 0.400. The maximum Gasteiger partial charge on any atom is 0.373 e. The first-order valence-corrected chi connectivity index (χ1v) is 3.36. The molecule has 4 nitrogen and oxygen atoms in total. The average Bonchev–Trinajstić information content (AvgIpc) is 2.38. The van der Waals surface area contributed by atoms with Crippen molar-refractivity contribution in [3.05, 3.63) is 22.4 Å². The second-order valence-electron chi connectivity index (χ2n) is 1.37. The summed E-state index contributed by atoms with van der Waals surface area (Å²) in [4.78, 5) is 26.7. The molecule has 1 heterocycles. The van der Waals surface area contributed by atoms with Gasteiger partial charge < -0.3 is 5.11 Å². The molecule has 0 amide bonds. The van der Waals surface area contributed by atoms with E-state index in [4.69, 9.17) is 14.7 Å². The number of carboxylic acid groups (broad SMARTS) is 1. The van der Waals surface area contributed by atoms with Gasteiger partial charge in [-0.1, -0.05) is 6.07 Å². The van der Waals surface area contributed by atoms with E-state index in [1.807, 2.05) is 0 Å². The molecule has 5 heteroatoms. The Morgan fingerprint density at radius 2 is 2.09 bits per heavy atom. The summed E-state index contributed by atoms with van der Waals surface area (Å²) in [6.07, 6.45) is 0.250. The Labute approximate surface area is 66.1 Å². The van der Waals surface area contributed by atoms with Gasteiger partial charge in [0.25, 0.3) is 0 Å². The molecule has 1 aromatic heterocycles. The number of rotatable bonds is 1. The summed E-state index contributed by atoms with van der Waals surface area (Å²) in [6, 6.07) is 3.29. The molecular formula is C6H4O4S. The maximum absolute atomic E-state index is 10.1. The van der Waals surface area contributed by atoms with Crippen molar-refractivity contribution in [1.29, 1.82) is 0 Å². The SMILES string of the molecule is O=C(O)c1cccs1.O=C=O. The summed E-state index contributed by atoms with van der Waals surface area (Å²) in [5.74, 6) is -0.847. The monoisotopic (exact) mass is 172 g/mol. The Morgan fingerprint density at radius 3 is 2.27 bits per heavy atom. The third-order valence-electron chi connectivity index (χ3n) is 0.732. The summed E-state index contributed by atoms with van der Waals surface area (Å²) in [5, 5.41) is 10.0. The van der Waals surface area contributed by atoms with Crippen LogP contribution in [0.15, 0.2) is 17.5 Å². The van der Waals surface area contributed by atoms with Crippen LogP contribution in [0.3, 0.4) is 0 Å². The predicted octanol–water partition coefficient (Wildman–Crippen LogP) is 0.863. The number of hydrogen-bond acceptors (Lipinski definition) is 4. The minimum Gasteiger partial charge on any atom is -0.477 e. The van der Waals surface area contributed by atoms with E-state index < -0.39 is 5.97 Å². The van der Waals surface area contributed by atoms with Crippen LogP contribution >= 0.6 is 11.3 Å². The topological polar surface area (TPSA) is 71.4 Å². The molecule has 1 aromatic rings. The van der Waals surface area contributed by atoms with E-state index in [-0.39, 0.29) is 6.15 Å². The van der Waals surface area contributed by atoms with Gasteiger partial charge in [0.2, 0.25) is 0 Å². The van der Waals surface area contributed by atoms with Gasteiger partial charge in [0.05, 0.1) is 0 Å². The smallest absolute Gasteiger partial charge is 0.373 e. The maximum atomic E-state index is 10.1. The lowest BCUT2D eigenvalue weighted by atomic mass is 10.5. The first kappa shape index (κ1) is 9.55. The highest BCUT2D eigenvalue weighted by Crippen LogP contribution is 2.06. The largest absolute Gasteiger partial charge is 0.477 e. The highest BCUT2D eigenvalue weighted by atomic mass is 32.1. The summed E-state index contributed by atoms with van der Waals surface area (Å²) < 4.78 is 0. The lowest BCUT2D eigenvalue weighted by molar-refractivity contribution is -0.191. The van der Waals surface area contributed by atoms with Gasteiger partial charge >= 0.3 is 12.1 Å². The third kappa shape index (κ3) is 4.02. The second kappa shape index (κ2) is 5.34. The molecule has 0 aromatic carbocycles. The lowest BCUT2D eigenvalue weighted by Crippen LogP contribution is -1.89. The molecule has 58 valence electrons. The molecule has 11 heavy (non-hydrogen) atoms. The van der Waals surface area contributed by atoms with Crippen LogP contribution in [0.2, 0.25) is 0 Å². The number of carbonyl (C=O) groups excluding carboxylic acids is 2. The Hall–Kier alpha value is -1.45. The predicted molar refractivity (Wildman–Crippen MR) is 36.3 cm³/mol. The molecular weight excluding hydrogens is 168 g/mol. The van der Waals surface area contributed by atoms with E-state index in [0.29, 0.717) is 4.88 Å². The fraction of sp³-hybridized carbons (Fsp3) is 0. The van der Waals surface area contributed by atoms with Crippen LogP contribution in [-0.4, -0.2) is 17.2 Å². The molecule has 0 spiro atoms. The zero-order chi connectivity index (χ0) is 8.69. The van der Waals surface area contributed by atoms with Crippen LogP contribution in [0.1, 0.15) is 9.67 Å². The summed E-state index contributed by atoms with van der Waals surface area (Å²) in [7, 11) is 0. The average molecular weight is 172 g/mol. The van der Waals surface area contributed by atoms with Crippen LogP contribution < -0.4 is 0 Å². The van der Waals surface area contributed by atoms with E-state index >= 15 is 0 Å². The van der Waals surface area contributed by atoms with Crippen molar-refractivity contribution < 1.29 is 19.5 Å². The molecule has 0 fully saturated rings. The van der Waals surface area contributed by atoms with Crippen molar-refractivity contribution in [2.24, 2.45) is 0 Å². The zero-order valence-electron chi connectivity index (χ0n) is 5.31. The van der Waals surface area contributed by atoms with Crippen molar-refractivity contribution in [3.63, 3.8) is 0 Å². The first-order chi connectivity index (χ1) is 5.22. The van der Waals surface area contributed by atoms with E-state index in [1.54, 1.807) is 17.5 Å². The molecule has 0 aliphatic rings. The van der Waals surface area contributed by atoms with Crippen molar-refractivity contribution in [2.75, 3.05) is 0 Å². The zero-order valence-corrected chi connectivity index (χ0v) is 6.13. The number of aromatic carboxylic acids is 1. The summed E-state index contributed by atoms with van der Waals surface area (Å²) in [5.41, 5.74) is 0. The molecule has 0 aliphatic carbocycles. The van der Waals surface area contributed by atoms with Gasteiger partial charge in [-0.2, -0.15) is 9.59 Å². The Balaban J connectivity index is 0.000000292. The van der Waals surface area contributed by atoms with Gasteiger partial charge in [0.1, 0.15) is 4.88 Å². The third-order valence-corrected chi connectivity index (χ3v) is 1.59. The quantitative estimate of drug-likeness (QED) is 0.682. The minimum absolute atomic E-state index is 0.250. The van der Waals surface area contributed by atoms with Crippen molar-refractivity contribution in [2.45, 2.75) is 0 Å².